The van der Waals surface area contributed by atoms with Gasteiger partial charge in [-0.15, -0.1) is 0 Å². The monoisotopic (exact) mass is 317 g/mol. The first-order valence-corrected chi connectivity index (χ1v) is 8.35. The summed E-state index contributed by atoms with van der Waals surface area (Å²) in [4.78, 5) is 27.9. The van der Waals surface area contributed by atoms with Gasteiger partial charge in [0.15, 0.2) is 6.04 Å². The topological polar surface area (TPSA) is 51.0 Å². The fourth-order valence-corrected chi connectivity index (χ4v) is 4.07. The summed E-state index contributed by atoms with van der Waals surface area (Å²) in [6, 6.07) is 6.87. The molecule has 2 amide bonds. The van der Waals surface area contributed by atoms with Crippen molar-refractivity contribution < 1.29 is 19.2 Å². The van der Waals surface area contributed by atoms with E-state index in [1.54, 1.807) is 31.4 Å². The van der Waals surface area contributed by atoms with Crippen LogP contribution in [-0.4, -0.2) is 38.1 Å². The van der Waals surface area contributed by atoms with E-state index < -0.39 is 0 Å². The number of benzene rings is 1. The normalized spacial score (nSPS) is 31.5. The number of piperidine rings is 1. The number of nitrogens with one attached hydrogen (secondary N) is 1. The van der Waals surface area contributed by atoms with Gasteiger partial charge in [-0.1, -0.05) is 13.8 Å². The zero-order valence-corrected chi connectivity index (χ0v) is 14.0. The predicted molar refractivity (Wildman–Crippen MR) is 87.5 cm³/mol. The average Bonchev–Trinajstić information content (AvgIpc) is 2.81. The molecule has 1 unspecified atom stereocenters. The molecule has 0 bridgehead atoms. The number of rotatable bonds is 3. The lowest BCUT2D eigenvalue weighted by Gasteiger charge is -2.34. The molecule has 4 atom stereocenters. The lowest BCUT2D eigenvalue weighted by atomic mass is 9.90. The largest absolute Gasteiger partial charge is 0.497 e. The Labute approximate surface area is 137 Å². The van der Waals surface area contributed by atoms with Gasteiger partial charge in [0.05, 0.1) is 32.3 Å². The van der Waals surface area contributed by atoms with Crippen LogP contribution in [0.2, 0.25) is 0 Å². The molecule has 1 N–H and O–H groups in total. The van der Waals surface area contributed by atoms with Crippen molar-refractivity contribution >= 4 is 17.5 Å². The summed E-state index contributed by atoms with van der Waals surface area (Å²) in [5.41, 5.74) is 0.640. The summed E-state index contributed by atoms with van der Waals surface area (Å²) in [6.07, 6.45) is 1.53. The average molecular weight is 317 g/mol. The number of carbonyl (C=O) groups excluding carboxylic acids is 2. The number of hydrogen-bond acceptors (Lipinski definition) is 3. The number of anilines is 1. The van der Waals surface area contributed by atoms with Gasteiger partial charge < -0.3 is 9.64 Å². The molecule has 0 radical (unpaired) electrons. The van der Waals surface area contributed by atoms with Gasteiger partial charge in [0, 0.05) is 11.8 Å². The Kier molecular flexibility index (Phi) is 4.39. The van der Waals surface area contributed by atoms with Crippen molar-refractivity contribution in [2.24, 2.45) is 11.8 Å². The first kappa shape index (κ1) is 16.0. The van der Waals surface area contributed by atoms with Crippen LogP contribution in [0.4, 0.5) is 5.69 Å². The number of imide groups is 1. The van der Waals surface area contributed by atoms with Gasteiger partial charge in [-0.25, -0.2) is 4.90 Å². The fourth-order valence-electron chi connectivity index (χ4n) is 4.07. The summed E-state index contributed by atoms with van der Waals surface area (Å²) < 4.78 is 5.13. The minimum absolute atomic E-state index is 0.0588. The van der Waals surface area contributed by atoms with Gasteiger partial charge in [0.2, 0.25) is 5.91 Å². The van der Waals surface area contributed by atoms with E-state index in [9.17, 15) is 9.59 Å². The van der Waals surface area contributed by atoms with Gasteiger partial charge in [-0.3, -0.25) is 9.59 Å². The van der Waals surface area contributed by atoms with E-state index in [1.165, 1.54) is 16.2 Å². The smallest absolute Gasteiger partial charge is 0.292 e. The van der Waals surface area contributed by atoms with E-state index in [2.05, 4.69) is 13.8 Å². The standard InChI is InChI=1S/C18H24N2O3/c1-12-8-13(2)11-19(10-12)16-9-17(21)20(18(16)22)14-4-6-15(23-3)7-5-14/h4-7,12-13,16H,8-11H2,1-3H3/p+1/t12-,13+,16-/m1/s1. The molecular formula is C18H25N2O3+. The van der Waals surface area contributed by atoms with Gasteiger partial charge in [-0.05, 0) is 30.7 Å². The van der Waals surface area contributed by atoms with Crippen molar-refractivity contribution in [3.63, 3.8) is 0 Å². The maximum absolute atomic E-state index is 12.8. The Morgan fingerprint density at radius 2 is 1.70 bits per heavy atom. The summed E-state index contributed by atoms with van der Waals surface area (Å²) in [5.74, 6) is 1.77. The summed E-state index contributed by atoms with van der Waals surface area (Å²) in [7, 11) is 1.60. The van der Waals surface area contributed by atoms with Crippen molar-refractivity contribution in [2.75, 3.05) is 25.1 Å². The second-order valence-electron chi connectivity index (χ2n) is 7.03. The second kappa shape index (κ2) is 6.32. The van der Waals surface area contributed by atoms with Crippen LogP contribution in [0.15, 0.2) is 24.3 Å². The lowest BCUT2D eigenvalue weighted by Crippen LogP contribution is -3.18. The highest BCUT2D eigenvalue weighted by atomic mass is 16.5. The van der Waals surface area contributed by atoms with Crippen LogP contribution in [0.1, 0.15) is 26.7 Å². The van der Waals surface area contributed by atoms with Crippen molar-refractivity contribution in [2.45, 2.75) is 32.7 Å². The van der Waals surface area contributed by atoms with E-state index in [-0.39, 0.29) is 17.9 Å². The molecule has 124 valence electrons. The molecule has 5 heteroatoms. The highest BCUT2D eigenvalue weighted by Crippen LogP contribution is 2.25. The first-order chi connectivity index (χ1) is 11.0. The van der Waals surface area contributed by atoms with Crippen LogP contribution in [0.5, 0.6) is 5.75 Å². The maximum Gasteiger partial charge on any atom is 0.292 e. The van der Waals surface area contributed by atoms with Crippen LogP contribution in [0.25, 0.3) is 0 Å². The van der Waals surface area contributed by atoms with Crippen LogP contribution < -0.4 is 14.5 Å². The molecule has 2 heterocycles. The van der Waals surface area contributed by atoms with Crippen molar-refractivity contribution in [3.05, 3.63) is 24.3 Å². The lowest BCUT2D eigenvalue weighted by molar-refractivity contribution is -0.926. The quantitative estimate of drug-likeness (QED) is 0.842. The number of quaternary nitrogens is 1. The van der Waals surface area contributed by atoms with Gasteiger partial charge >= 0.3 is 0 Å². The van der Waals surface area contributed by atoms with Crippen LogP contribution in [0.3, 0.4) is 0 Å². The van der Waals surface area contributed by atoms with Crippen molar-refractivity contribution in [3.8, 4) is 5.75 Å². The fraction of sp³-hybridized carbons (Fsp3) is 0.556. The van der Waals surface area contributed by atoms with Crippen LogP contribution in [-0.2, 0) is 9.59 Å². The van der Waals surface area contributed by atoms with Crippen molar-refractivity contribution in [1.82, 2.24) is 0 Å². The zero-order chi connectivity index (χ0) is 16.6. The molecule has 0 aromatic heterocycles. The van der Waals surface area contributed by atoms with Gasteiger partial charge in [0.25, 0.3) is 5.91 Å². The third-order valence-electron chi connectivity index (χ3n) is 5.00. The molecule has 1 aromatic carbocycles. The third-order valence-corrected chi connectivity index (χ3v) is 5.00. The SMILES string of the molecule is COc1ccc(N2C(=O)C[C@@H]([NH+]3C[C@H](C)C[C@H](C)C3)C2=O)cc1. The van der Waals surface area contributed by atoms with Gasteiger partial charge in [-0.2, -0.15) is 0 Å². The van der Waals surface area contributed by atoms with E-state index in [1.807, 2.05) is 0 Å². The number of nitrogens with zero attached hydrogens (tertiary/aromatic N) is 1. The van der Waals surface area contributed by atoms with E-state index in [4.69, 9.17) is 4.74 Å². The molecule has 5 nitrogen and oxygen atoms in total. The van der Waals surface area contributed by atoms with Crippen LogP contribution in [0, 0.1) is 11.8 Å². The third kappa shape index (κ3) is 3.11. The van der Waals surface area contributed by atoms with E-state index >= 15 is 0 Å². The molecule has 0 spiro atoms. The summed E-state index contributed by atoms with van der Waals surface area (Å²) >= 11 is 0. The zero-order valence-electron chi connectivity index (χ0n) is 14.0. The second-order valence-corrected chi connectivity index (χ2v) is 7.03. The highest BCUT2D eigenvalue weighted by molar-refractivity contribution is 6.21. The summed E-state index contributed by atoms with van der Waals surface area (Å²) in [6.45, 7) is 6.42. The number of carbonyl (C=O) groups is 2. The number of likely N-dealkylation sites (tertiary alicyclic amines) is 1. The minimum atomic E-state index is -0.227. The van der Waals surface area contributed by atoms with Crippen molar-refractivity contribution in [1.29, 1.82) is 0 Å². The Morgan fingerprint density at radius 1 is 1.09 bits per heavy atom. The first-order valence-electron chi connectivity index (χ1n) is 8.35. The molecule has 0 aliphatic carbocycles. The van der Waals surface area contributed by atoms with E-state index in [0.717, 1.165) is 13.1 Å². The molecule has 3 rings (SSSR count). The molecular weight excluding hydrogens is 292 g/mol. The minimum Gasteiger partial charge on any atom is -0.497 e. The molecule has 23 heavy (non-hydrogen) atoms. The van der Waals surface area contributed by atoms with Crippen LogP contribution >= 0.6 is 0 Å². The molecule has 2 fully saturated rings. The summed E-state index contributed by atoms with van der Waals surface area (Å²) in [5, 5.41) is 0. The molecule has 2 aliphatic rings. The molecule has 2 aliphatic heterocycles. The molecule has 1 aromatic rings. The van der Waals surface area contributed by atoms with Gasteiger partial charge in [0.1, 0.15) is 5.75 Å². The Balaban J connectivity index is 1.79. The number of hydrogen-bond donors (Lipinski definition) is 1. The Morgan fingerprint density at radius 3 is 2.26 bits per heavy atom. The number of ether oxygens (including phenoxy) is 1. The highest BCUT2D eigenvalue weighted by Gasteiger charge is 2.47. The Bertz CT molecular complexity index is 589. The molecule has 0 saturated carbocycles. The number of methoxy groups -OCH3 is 1. The van der Waals surface area contributed by atoms with E-state index in [0.29, 0.717) is 29.7 Å². The Hall–Kier alpha value is -1.88. The maximum atomic E-state index is 12.8. The number of amides is 2. The molecule has 2 saturated heterocycles. The predicted octanol–water partition coefficient (Wildman–Crippen LogP) is 0.888.